The van der Waals surface area contributed by atoms with Gasteiger partial charge < -0.3 is 15.2 Å². The van der Waals surface area contributed by atoms with Crippen LogP contribution in [-0.2, 0) is 9.59 Å². The van der Waals surface area contributed by atoms with Crippen molar-refractivity contribution in [3.05, 3.63) is 114 Å². The number of aromatic nitrogens is 1. The number of anilines is 1. The van der Waals surface area contributed by atoms with Gasteiger partial charge >= 0.3 is 0 Å². The number of hydrogen-bond donors (Lipinski definition) is 1. The number of hydrogen-bond acceptors (Lipinski definition) is 4. The van der Waals surface area contributed by atoms with Crippen molar-refractivity contribution in [2.45, 2.75) is 0 Å². The number of carbonyl (C=O) groups is 2. The van der Waals surface area contributed by atoms with Crippen molar-refractivity contribution < 1.29 is 14.7 Å². The molecule has 0 saturated heterocycles. The van der Waals surface area contributed by atoms with Crippen LogP contribution in [0.2, 0.25) is 0 Å². The molecule has 0 spiro atoms. The van der Waals surface area contributed by atoms with Gasteiger partial charge in [0.25, 0.3) is 0 Å². The third kappa shape index (κ3) is 3.42. The van der Waals surface area contributed by atoms with Gasteiger partial charge in [-0.15, -0.1) is 0 Å². The summed E-state index contributed by atoms with van der Waals surface area (Å²) in [7, 11) is 0. The molecule has 2 bridgehead atoms. The molecule has 1 N–H and O–H groups in total. The van der Waals surface area contributed by atoms with Crippen LogP contribution in [0.25, 0.3) is 5.57 Å². The average molecular weight is 421 g/mol. The molecule has 1 heterocycles. The van der Waals surface area contributed by atoms with Crippen molar-refractivity contribution >= 4 is 23.3 Å². The van der Waals surface area contributed by atoms with E-state index in [0.717, 1.165) is 22.3 Å². The number of benzene rings is 2. The van der Waals surface area contributed by atoms with Gasteiger partial charge in [0.15, 0.2) is 0 Å². The number of amides is 1. The van der Waals surface area contributed by atoms with Gasteiger partial charge in [-0.05, 0) is 34.4 Å². The molecule has 32 heavy (non-hydrogen) atoms. The molecule has 3 aromatic rings. The predicted molar refractivity (Wildman–Crippen MR) is 120 cm³/mol. The second kappa shape index (κ2) is 8.27. The lowest BCUT2D eigenvalue weighted by Gasteiger charge is -2.27. The standard InChI is InChI=1S/C27H22N2O3/c30-26(29-21-13-7-8-16-28-21)24-19-14-15-20(25(24)27(31)32)23(19)22(17-9-3-1-4-10-17)18-11-5-2-6-12-18/h1-16,19-20,24-25H,(H,31,32)(H,28,29,30)/p-1. The number of nitrogens with zero attached hydrogens (tertiary/aromatic N) is 1. The van der Waals surface area contributed by atoms with Crippen molar-refractivity contribution in [3.8, 4) is 0 Å². The van der Waals surface area contributed by atoms with Gasteiger partial charge in [0.1, 0.15) is 5.82 Å². The molecule has 0 radical (unpaired) electrons. The van der Waals surface area contributed by atoms with Crippen molar-refractivity contribution in [3.63, 3.8) is 0 Å². The first-order chi connectivity index (χ1) is 15.6. The molecule has 1 fully saturated rings. The Morgan fingerprint density at radius 1 is 0.750 bits per heavy atom. The molecule has 1 saturated carbocycles. The van der Waals surface area contributed by atoms with Crippen LogP contribution in [0.4, 0.5) is 5.82 Å². The fraction of sp³-hybridized carbons (Fsp3) is 0.148. The summed E-state index contributed by atoms with van der Waals surface area (Å²) in [6.45, 7) is 0. The number of fused-ring (bicyclic) bond motifs is 2. The van der Waals surface area contributed by atoms with Crippen LogP contribution in [-0.4, -0.2) is 16.9 Å². The normalized spacial score (nSPS) is 23.2. The molecule has 5 nitrogen and oxygen atoms in total. The molecule has 1 amide bonds. The largest absolute Gasteiger partial charge is 0.550 e. The molecular weight excluding hydrogens is 400 g/mol. The summed E-state index contributed by atoms with van der Waals surface area (Å²) in [6, 6.07) is 25.0. The summed E-state index contributed by atoms with van der Waals surface area (Å²) in [5, 5.41) is 15.0. The van der Waals surface area contributed by atoms with Crippen LogP contribution in [0.1, 0.15) is 11.1 Å². The maximum atomic E-state index is 13.3. The Morgan fingerprint density at radius 3 is 1.84 bits per heavy atom. The van der Waals surface area contributed by atoms with Crippen LogP contribution in [0.5, 0.6) is 0 Å². The molecule has 4 unspecified atom stereocenters. The third-order valence-electron chi connectivity index (χ3n) is 6.31. The lowest BCUT2D eigenvalue weighted by atomic mass is 9.82. The smallest absolute Gasteiger partial charge is 0.230 e. The summed E-state index contributed by atoms with van der Waals surface area (Å²) in [6.07, 6.45) is 5.46. The van der Waals surface area contributed by atoms with Crippen molar-refractivity contribution in [1.82, 2.24) is 4.98 Å². The van der Waals surface area contributed by atoms with Crippen LogP contribution in [0, 0.1) is 23.7 Å². The Kier molecular flexibility index (Phi) is 5.15. The van der Waals surface area contributed by atoms with E-state index in [9.17, 15) is 14.7 Å². The maximum absolute atomic E-state index is 13.3. The summed E-state index contributed by atoms with van der Waals surface area (Å²) >= 11 is 0. The minimum Gasteiger partial charge on any atom is -0.550 e. The minimum absolute atomic E-state index is 0.331. The number of carboxylic acids is 1. The maximum Gasteiger partial charge on any atom is 0.230 e. The number of aliphatic carboxylic acids is 1. The first kappa shape index (κ1) is 19.9. The monoisotopic (exact) mass is 421 g/mol. The second-order valence-electron chi connectivity index (χ2n) is 8.07. The fourth-order valence-corrected chi connectivity index (χ4v) is 5.05. The van der Waals surface area contributed by atoms with E-state index in [1.165, 1.54) is 0 Å². The van der Waals surface area contributed by atoms with E-state index in [1.807, 2.05) is 72.8 Å². The Hall–Kier alpha value is -3.99. The van der Waals surface area contributed by atoms with E-state index in [1.54, 1.807) is 24.4 Å². The molecule has 158 valence electrons. The number of rotatable bonds is 5. The zero-order chi connectivity index (χ0) is 22.1. The zero-order valence-electron chi connectivity index (χ0n) is 17.2. The summed E-state index contributed by atoms with van der Waals surface area (Å²) in [5.74, 6) is -3.60. The zero-order valence-corrected chi connectivity index (χ0v) is 17.2. The van der Waals surface area contributed by atoms with Gasteiger partial charge in [0.2, 0.25) is 5.91 Å². The first-order valence-electron chi connectivity index (χ1n) is 10.6. The number of allylic oxidation sites excluding steroid dienone is 3. The number of carbonyl (C=O) groups excluding carboxylic acids is 2. The second-order valence-corrected chi connectivity index (χ2v) is 8.07. The average Bonchev–Trinajstić information content (AvgIpc) is 3.37. The molecule has 4 atom stereocenters. The van der Waals surface area contributed by atoms with E-state index in [0.29, 0.717) is 5.82 Å². The van der Waals surface area contributed by atoms with E-state index >= 15 is 0 Å². The Bertz CT molecular complexity index is 1160. The molecule has 0 aliphatic heterocycles. The highest BCUT2D eigenvalue weighted by Crippen LogP contribution is 2.55. The van der Waals surface area contributed by atoms with Crippen LogP contribution >= 0.6 is 0 Å². The summed E-state index contributed by atoms with van der Waals surface area (Å²) < 4.78 is 0. The van der Waals surface area contributed by atoms with Crippen LogP contribution < -0.4 is 10.4 Å². The van der Waals surface area contributed by atoms with Crippen LogP contribution in [0.15, 0.2) is 103 Å². The Labute approximate surface area is 186 Å². The fourth-order valence-electron chi connectivity index (χ4n) is 5.05. The Balaban J connectivity index is 1.64. The van der Waals surface area contributed by atoms with E-state index in [4.69, 9.17) is 0 Å². The van der Waals surface area contributed by atoms with E-state index < -0.39 is 23.7 Å². The number of carboxylic acid groups (broad SMARTS) is 1. The number of nitrogens with one attached hydrogen (secondary N) is 1. The topological polar surface area (TPSA) is 82.1 Å². The molecular formula is C27H21N2O3-. The van der Waals surface area contributed by atoms with Gasteiger partial charge in [-0.2, -0.15) is 0 Å². The van der Waals surface area contributed by atoms with E-state index in [-0.39, 0.29) is 11.8 Å². The summed E-state index contributed by atoms with van der Waals surface area (Å²) in [5.41, 5.74) is 3.92. The molecule has 5 heteroatoms. The number of pyridine rings is 1. The lowest BCUT2D eigenvalue weighted by Crippen LogP contribution is -2.42. The van der Waals surface area contributed by atoms with Crippen molar-refractivity contribution in [2.24, 2.45) is 23.7 Å². The first-order valence-corrected chi connectivity index (χ1v) is 10.6. The molecule has 2 aromatic carbocycles. The molecule has 1 aromatic heterocycles. The quantitative estimate of drug-likeness (QED) is 0.641. The highest BCUT2D eigenvalue weighted by atomic mass is 16.4. The SMILES string of the molecule is O=C([O-])C1C2C=CC(C2=C(c2ccccc2)c2ccccc2)C1C(=O)Nc1ccccn1. The highest BCUT2D eigenvalue weighted by Gasteiger charge is 2.53. The van der Waals surface area contributed by atoms with Crippen molar-refractivity contribution in [2.75, 3.05) is 5.32 Å². The van der Waals surface area contributed by atoms with Gasteiger partial charge in [-0.3, -0.25) is 4.79 Å². The van der Waals surface area contributed by atoms with Gasteiger partial charge in [-0.25, -0.2) is 4.98 Å². The lowest BCUT2D eigenvalue weighted by molar-refractivity contribution is -0.313. The van der Waals surface area contributed by atoms with Gasteiger partial charge in [0.05, 0.1) is 5.92 Å². The summed E-state index contributed by atoms with van der Waals surface area (Å²) in [4.78, 5) is 29.6. The Morgan fingerprint density at radius 2 is 1.31 bits per heavy atom. The highest BCUT2D eigenvalue weighted by molar-refractivity contribution is 5.98. The minimum atomic E-state index is -1.21. The third-order valence-corrected chi connectivity index (χ3v) is 6.31. The van der Waals surface area contributed by atoms with E-state index in [2.05, 4.69) is 10.3 Å². The molecule has 2 aliphatic carbocycles. The van der Waals surface area contributed by atoms with Crippen LogP contribution in [0.3, 0.4) is 0 Å². The molecule has 2 aliphatic rings. The van der Waals surface area contributed by atoms with Gasteiger partial charge in [-0.1, -0.05) is 78.9 Å². The predicted octanol–water partition coefficient (Wildman–Crippen LogP) is 3.32. The molecule has 5 rings (SSSR count). The van der Waals surface area contributed by atoms with Crippen molar-refractivity contribution in [1.29, 1.82) is 0 Å². The van der Waals surface area contributed by atoms with Gasteiger partial charge in [0, 0.05) is 29.9 Å².